The van der Waals surface area contributed by atoms with E-state index >= 15 is 0 Å². The monoisotopic (exact) mass is 254 g/mol. The van der Waals surface area contributed by atoms with Gasteiger partial charge in [-0.2, -0.15) is 0 Å². The Morgan fingerprint density at radius 1 is 1.16 bits per heavy atom. The molecule has 0 spiro atoms. The van der Waals surface area contributed by atoms with Gasteiger partial charge in [0.15, 0.2) is 5.82 Å². The number of ether oxygens (including phenoxy) is 1. The summed E-state index contributed by atoms with van der Waals surface area (Å²) in [6.07, 6.45) is 3.49. The van der Waals surface area contributed by atoms with Crippen molar-refractivity contribution in [3.05, 3.63) is 53.9 Å². The molecule has 0 saturated carbocycles. The van der Waals surface area contributed by atoms with Crippen molar-refractivity contribution in [1.82, 2.24) is 9.97 Å². The first-order valence-electron chi connectivity index (χ1n) is 6.33. The average Bonchev–Trinajstić information content (AvgIpc) is 2.42. The van der Waals surface area contributed by atoms with Gasteiger partial charge in [0.2, 0.25) is 0 Å². The zero-order valence-corrected chi connectivity index (χ0v) is 11.6. The summed E-state index contributed by atoms with van der Waals surface area (Å²) >= 11 is 0. The molecule has 0 unspecified atom stereocenters. The number of nitrogens with zero attached hydrogens (tertiary/aromatic N) is 2. The van der Waals surface area contributed by atoms with Gasteiger partial charge in [0.05, 0.1) is 12.2 Å². The quantitative estimate of drug-likeness (QED) is 0.779. The van der Waals surface area contributed by atoms with Gasteiger partial charge in [-0.25, -0.2) is 9.97 Å². The SMILES string of the molecule is C=C(OCC)c1cnc(-c2ccc(C)c(C)c2)nc1. The van der Waals surface area contributed by atoms with E-state index in [1.165, 1.54) is 11.1 Å². The third kappa shape index (κ3) is 2.99. The number of hydrogen-bond acceptors (Lipinski definition) is 3. The van der Waals surface area contributed by atoms with Gasteiger partial charge in [0.25, 0.3) is 0 Å². The van der Waals surface area contributed by atoms with Crippen LogP contribution in [0, 0.1) is 13.8 Å². The molecule has 0 saturated heterocycles. The normalized spacial score (nSPS) is 10.3. The van der Waals surface area contributed by atoms with Crippen molar-refractivity contribution in [2.45, 2.75) is 20.8 Å². The van der Waals surface area contributed by atoms with Crippen LogP contribution in [0.5, 0.6) is 0 Å². The van der Waals surface area contributed by atoms with Crippen LogP contribution in [0.1, 0.15) is 23.6 Å². The molecule has 0 bridgehead atoms. The Bertz CT molecular complexity index is 588. The van der Waals surface area contributed by atoms with E-state index in [0.29, 0.717) is 12.4 Å². The number of hydrogen-bond donors (Lipinski definition) is 0. The van der Waals surface area contributed by atoms with Gasteiger partial charge in [-0.3, -0.25) is 0 Å². The molecule has 2 rings (SSSR count). The minimum atomic E-state index is 0.595. The molecule has 0 aliphatic carbocycles. The fourth-order valence-corrected chi connectivity index (χ4v) is 1.76. The smallest absolute Gasteiger partial charge is 0.159 e. The Hall–Kier alpha value is -2.16. The first kappa shape index (κ1) is 13.3. The molecule has 1 aromatic carbocycles. The maximum atomic E-state index is 5.33. The third-order valence-corrected chi connectivity index (χ3v) is 3.06. The highest BCUT2D eigenvalue weighted by molar-refractivity contribution is 5.60. The second-order valence-electron chi connectivity index (χ2n) is 4.45. The molecule has 3 heteroatoms. The molecule has 0 atom stereocenters. The molecule has 0 fully saturated rings. The molecule has 19 heavy (non-hydrogen) atoms. The van der Waals surface area contributed by atoms with Crippen LogP contribution < -0.4 is 0 Å². The lowest BCUT2D eigenvalue weighted by Crippen LogP contribution is -1.95. The lowest BCUT2D eigenvalue weighted by Gasteiger charge is -2.07. The Kier molecular flexibility index (Phi) is 3.95. The van der Waals surface area contributed by atoms with Crippen LogP contribution in [0.2, 0.25) is 0 Å². The molecule has 1 heterocycles. The largest absolute Gasteiger partial charge is 0.494 e. The van der Waals surface area contributed by atoms with E-state index in [0.717, 1.165) is 17.0 Å². The lowest BCUT2D eigenvalue weighted by atomic mass is 10.1. The highest BCUT2D eigenvalue weighted by Gasteiger charge is 2.05. The summed E-state index contributed by atoms with van der Waals surface area (Å²) in [6.45, 7) is 10.5. The van der Waals surface area contributed by atoms with Crippen molar-refractivity contribution >= 4 is 5.76 Å². The molecule has 98 valence electrons. The molecule has 0 aliphatic heterocycles. The Balaban J connectivity index is 2.27. The van der Waals surface area contributed by atoms with Gasteiger partial charge in [0.1, 0.15) is 5.76 Å². The number of rotatable bonds is 4. The van der Waals surface area contributed by atoms with E-state index in [2.05, 4.69) is 42.5 Å². The first-order chi connectivity index (χ1) is 9.11. The fraction of sp³-hybridized carbons (Fsp3) is 0.250. The predicted octanol–water partition coefficient (Wildman–Crippen LogP) is 3.77. The summed E-state index contributed by atoms with van der Waals surface area (Å²) in [5.74, 6) is 1.32. The highest BCUT2D eigenvalue weighted by Crippen LogP contribution is 2.19. The lowest BCUT2D eigenvalue weighted by molar-refractivity contribution is 0.299. The highest BCUT2D eigenvalue weighted by atomic mass is 16.5. The summed E-state index contributed by atoms with van der Waals surface area (Å²) in [7, 11) is 0. The van der Waals surface area contributed by atoms with Crippen molar-refractivity contribution in [1.29, 1.82) is 0 Å². The van der Waals surface area contributed by atoms with E-state index in [1.54, 1.807) is 12.4 Å². The average molecular weight is 254 g/mol. The van der Waals surface area contributed by atoms with Crippen LogP contribution in [-0.4, -0.2) is 16.6 Å². The third-order valence-electron chi connectivity index (χ3n) is 3.06. The van der Waals surface area contributed by atoms with E-state index in [-0.39, 0.29) is 0 Å². The van der Waals surface area contributed by atoms with Crippen molar-refractivity contribution in [2.24, 2.45) is 0 Å². The summed E-state index contributed by atoms with van der Waals surface area (Å²) in [5, 5.41) is 0. The van der Waals surface area contributed by atoms with E-state index in [9.17, 15) is 0 Å². The van der Waals surface area contributed by atoms with Crippen LogP contribution in [0.4, 0.5) is 0 Å². The van der Waals surface area contributed by atoms with Crippen molar-refractivity contribution in [3.8, 4) is 11.4 Å². The zero-order chi connectivity index (χ0) is 13.8. The molecule has 2 aromatic rings. The summed E-state index contributed by atoms with van der Waals surface area (Å²) in [4.78, 5) is 8.74. The van der Waals surface area contributed by atoms with Crippen molar-refractivity contribution in [2.75, 3.05) is 6.61 Å². The molecule has 1 aromatic heterocycles. The van der Waals surface area contributed by atoms with Crippen LogP contribution in [-0.2, 0) is 4.74 Å². The van der Waals surface area contributed by atoms with Crippen molar-refractivity contribution in [3.63, 3.8) is 0 Å². The van der Waals surface area contributed by atoms with E-state index < -0.39 is 0 Å². The van der Waals surface area contributed by atoms with Gasteiger partial charge in [-0.1, -0.05) is 18.7 Å². The number of aromatic nitrogens is 2. The first-order valence-corrected chi connectivity index (χ1v) is 6.33. The second kappa shape index (κ2) is 5.65. The number of aryl methyl sites for hydroxylation is 2. The van der Waals surface area contributed by atoms with Gasteiger partial charge in [0, 0.05) is 18.0 Å². The van der Waals surface area contributed by atoms with E-state index in [4.69, 9.17) is 4.74 Å². The topological polar surface area (TPSA) is 35.0 Å². The van der Waals surface area contributed by atoms with Gasteiger partial charge in [-0.15, -0.1) is 0 Å². The van der Waals surface area contributed by atoms with E-state index in [1.807, 2.05) is 13.0 Å². The minimum absolute atomic E-state index is 0.595. The second-order valence-corrected chi connectivity index (χ2v) is 4.45. The molecule has 0 radical (unpaired) electrons. The summed E-state index contributed by atoms with van der Waals surface area (Å²) in [5.41, 5.74) is 4.35. The van der Waals surface area contributed by atoms with Crippen LogP contribution >= 0.6 is 0 Å². The maximum Gasteiger partial charge on any atom is 0.159 e. The molecule has 0 N–H and O–H groups in total. The van der Waals surface area contributed by atoms with Crippen LogP contribution in [0.25, 0.3) is 17.1 Å². The van der Waals surface area contributed by atoms with Crippen molar-refractivity contribution < 1.29 is 4.74 Å². The standard InChI is InChI=1S/C16H18N2O/c1-5-19-13(4)15-9-17-16(18-10-15)14-7-6-11(2)12(3)8-14/h6-10H,4-5H2,1-3H3. The Labute approximate surface area is 114 Å². The zero-order valence-electron chi connectivity index (χ0n) is 11.6. The molecule has 3 nitrogen and oxygen atoms in total. The predicted molar refractivity (Wildman–Crippen MR) is 77.6 cm³/mol. The fourth-order valence-electron chi connectivity index (χ4n) is 1.76. The Morgan fingerprint density at radius 3 is 2.42 bits per heavy atom. The number of benzene rings is 1. The molecular formula is C16H18N2O. The maximum absolute atomic E-state index is 5.33. The molecular weight excluding hydrogens is 236 g/mol. The van der Waals surface area contributed by atoms with Gasteiger partial charge >= 0.3 is 0 Å². The van der Waals surface area contributed by atoms with Crippen LogP contribution in [0.3, 0.4) is 0 Å². The van der Waals surface area contributed by atoms with Gasteiger partial charge in [-0.05, 0) is 38.0 Å². The molecule has 0 amide bonds. The molecule has 0 aliphatic rings. The Morgan fingerprint density at radius 2 is 1.84 bits per heavy atom. The van der Waals surface area contributed by atoms with Crippen LogP contribution in [0.15, 0.2) is 37.2 Å². The summed E-state index contributed by atoms with van der Waals surface area (Å²) < 4.78 is 5.33. The summed E-state index contributed by atoms with van der Waals surface area (Å²) in [6, 6.07) is 6.22. The minimum Gasteiger partial charge on any atom is -0.494 e. The van der Waals surface area contributed by atoms with Gasteiger partial charge < -0.3 is 4.74 Å².